The van der Waals surface area contributed by atoms with Gasteiger partial charge in [0.25, 0.3) is 0 Å². The van der Waals surface area contributed by atoms with Gasteiger partial charge in [0.1, 0.15) is 11.1 Å². The number of hydrogen-bond donors (Lipinski definition) is 0. The van der Waals surface area contributed by atoms with Crippen LogP contribution in [-0.4, -0.2) is 0 Å². The Bertz CT molecular complexity index is 416. The van der Waals surface area contributed by atoms with Gasteiger partial charge in [0.2, 0.25) is 0 Å². The molecule has 0 saturated heterocycles. The summed E-state index contributed by atoms with van der Waals surface area (Å²) in [4.78, 5) is 2.47. The Morgan fingerprint density at radius 1 is 1.43 bits per heavy atom. The lowest BCUT2D eigenvalue weighted by Gasteiger charge is -2.04. The second kappa shape index (κ2) is 3.79. The van der Waals surface area contributed by atoms with E-state index >= 15 is 0 Å². The predicted octanol–water partition coefficient (Wildman–Crippen LogP) is 4.29. The number of furan rings is 1. The molecule has 3 heteroatoms. The molecule has 0 radical (unpaired) electrons. The smallest absolute Gasteiger partial charge is 0.126 e. The molecule has 0 amide bonds. The highest BCUT2D eigenvalue weighted by Gasteiger charge is 2.17. The molecule has 0 saturated carbocycles. The first kappa shape index (κ1) is 9.81. The van der Waals surface area contributed by atoms with Gasteiger partial charge in [-0.2, -0.15) is 0 Å². The summed E-state index contributed by atoms with van der Waals surface area (Å²) >= 11 is 8.04. The average molecular weight is 227 g/mol. The van der Waals surface area contributed by atoms with Gasteiger partial charge in [-0.1, -0.05) is 0 Å². The van der Waals surface area contributed by atoms with E-state index in [1.54, 1.807) is 17.6 Å². The molecule has 0 spiro atoms. The standard InChI is InChI=1S/C11H11ClOS/c1-7-6-8(2)14-11(7)10(12)9-4-3-5-13-9/h3-6,10H,1-2H3. The summed E-state index contributed by atoms with van der Waals surface area (Å²) in [5.74, 6) is 0.816. The Labute approximate surface area is 92.3 Å². The van der Waals surface area contributed by atoms with Gasteiger partial charge < -0.3 is 4.42 Å². The van der Waals surface area contributed by atoms with E-state index in [4.69, 9.17) is 16.0 Å². The molecule has 0 N–H and O–H groups in total. The molecule has 14 heavy (non-hydrogen) atoms. The highest BCUT2D eigenvalue weighted by molar-refractivity contribution is 7.12. The van der Waals surface area contributed by atoms with Crippen LogP contribution < -0.4 is 0 Å². The molecule has 2 rings (SSSR count). The summed E-state index contributed by atoms with van der Waals surface area (Å²) in [5.41, 5.74) is 1.24. The Morgan fingerprint density at radius 2 is 2.21 bits per heavy atom. The average Bonchev–Trinajstić information content (AvgIpc) is 2.73. The van der Waals surface area contributed by atoms with E-state index in [9.17, 15) is 0 Å². The van der Waals surface area contributed by atoms with E-state index in [0.717, 1.165) is 5.76 Å². The van der Waals surface area contributed by atoms with Crippen molar-refractivity contribution in [1.82, 2.24) is 0 Å². The molecule has 1 atom stereocenters. The fourth-order valence-electron chi connectivity index (χ4n) is 1.48. The highest BCUT2D eigenvalue weighted by atomic mass is 35.5. The zero-order chi connectivity index (χ0) is 10.1. The van der Waals surface area contributed by atoms with Crippen molar-refractivity contribution in [3.05, 3.63) is 45.5 Å². The van der Waals surface area contributed by atoms with Crippen molar-refractivity contribution >= 4 is 22.9 Å². The summed E-state index contributed by atoms with van der Waals surface area (Å²) < 4.78 is 5.29. The van der Waals surface area contributed by atoms with Crippen LogP contribution in [0.4, 0.5) is 0 Å². The molecule has 0 fully saturated rings. The molecular weight excluding hydrogens is 216 g/mol. The minimum Gasteiger partial charge on any atom is -0.467 e. The van der Waals surface area contributed by atoms with Crippen molar-refractivity contribution in [3.8, 4) is 0 Å². The van der Waals surface area contributed by atoms with Gasteiger partial charge in [-0.05, 0) is 37.6 Å². The minimum absolute atomic E-state index is 0.149. The molecule has 0 aliphatic carbocycles. The molecule has 74 valence electrons. The van der Waals surface area contributed by atoms with Gasteiger partial charge >= 0.3 is 0 Å². The lowest BCUT2D eigenvalue weighted by molar-refractivity contribution is 0.517. The second-order valence-corrected chi connectivity index (χ2v) is 5.01. The highest BCUT2D eigenvalue weighted by Crippen LogP contribution is 2.36. The zero-order valence-electron chi connectivity index (χ0n) is 8.08. The lowest BCUT2D eigenvalue weighted by atomic mass is 10.2. The van der Waals surface area contributed by atoms with Crippen LogP contribution in [0.3, 0.4) is 0 Å². The predicted molar refractivity (Wildman–Crippen MR) is 60.2 cm³/mol. The molecule has 0 aliphatic heterocycles. The van der Waals surface area contributed by atoms with Gasteiger partial charge in [0.15, 0.2) is 0 Å². The Balaban J connectivity index is 2.36. The van der Waals surface area contributed by atoms with Crippen LogP contribution in [0.25, 0.3) is 0 Å². The van der Waals surface area contributed by atoms with Crippen molar-refractivity contribution in [1.29, 1.82) is 0 Å². The number of hydrogen-bond acceptors (Lipinski definition) is 2. The van der Waals surface area contributed by atoms with E-state index in [1.807, 2.05) is 12.1 Å². The normalized spacial score (nSPS) is 13.1. The third-order valence-electron chi connectivity index (χ3n) is 2.10. The fraction of sp³-hybridized carbons (Fsp3) is 0.273. The summed E-state index contributed by atoms with van der Waals surface area (Å²) in [6.07, 6.45) is 1.65. The molecule has 1 nitrogen and oxygen atoms in total. The van der Waals surface area contributed by atoms with Crippen molar-refractivity contribution < 1.29 is 4.42 Å². The van der Waals surface area contributed by atoms with E-state index in [2.05, 4.69) is 19.9 Å². The number of halogens is 1. The number of thiophene rings is 1. The zero-order valence-corrected chi connectivity index (χ0v) is 9.65. The van der Waals surface area contributed by atoms with Crippen LogP contribution in [0.2, 0.25) is 0 Å². The number of alkyl halides is 1. The second-order valence-electron chi connectivity index (χ2n) is 3.28. The van der Waals surface area contributed by atoms with Crippen molar-refractivity contribution in [2.24, 2.45) is 0 Å². The van der Waals surface area contributed by atoms with Crippen LogP contribution in [-0.2, 0) is 0 Å². The van der Waals surface area contributed by atoms with Gasteiger partial charge in [0, 0.05) is 9.75 Å². The van der Waals surface area contributed by atoms with Crippen LogP contribution in [0, 0.1) is 13.8 Å². The van der Waals surface area contributed by atoms with E-state index in [1.165, 1.54) is 15.3 Å². The maximum atomic E-state index is 6.31. The molecule has 1 unspecified atom stereocenters. The quantitative estimate of drug-likeness (QED) is 0.697. The van der Waals surface area contributed by atoms with Crippen LogP contribution >= 0.6 is 22.9 Å². The Morgan fingerprint density at radius 3 is 2.71 bits per heavy atom. The first-order chi connectivity index (χ1) is 6.68. The summed E-state index contributed by atoms with van der Waals surface area (Å²) in [7, 11) is 0. The Kier molecular flexibility index (Phi) is 2.66. The Hall–Kier alpha value is -0.730. The van der Waals surface area contributed by atoms with Crippen molar-refractivity contribution in [2.45, 2.75) is 19.2 Å². The first-order valence-corrected chi connectivity index (χ1v) is 5.68. The van der Waals surface area contributed by atoms with Crippen molar-refractivity contribution in [2.75, 3.05) is 0 Å². The number of rotatable bonds is 2. The monoisotopic (exact) mass is 226 g/mol. The lowest BCUT2D eigenvalue weighted by Crippen LogP contribution is -1.88. The molecule has 2 aromatic heterocycles. The molecule has 0 aliphatic rings. The van der Waals surface area contributed by atoms with E-state index < -0.39 is 0 Å². The fourth-order valence-corrected chi connectivity index (χ4v) is 2.93. The minimum atomic E-state index is -0.149. The molecule has 2 aromatic rings. The molecular formula is C11H11ClOS. The third kappa shape index (κ3) is 1.72. The maximum Gasteiger partial charge on any atom is 0.126 e. The maximum absolute atomic E-state index is 6.31. The third-order valence-corrected chi connectivity index (χ3v) is 3.88. The van der Waals surface area contributed by atoms with Gasteiger partial charge in [-0.3, -0.25) is 0 Å². The van der Waals surface area contributed by atoms with Gasteiger partial charge in [0.05, 0.1) is 6.26 Å². The number of aryl methyl sites for hydroxylation is 2. The first-order valence-electron chi connectivity index (χ1n) is 4.43. The van der Waals surface area contributed by atoms with Crippen LogP contribution in [0.15, 0.2) is 28.9 Å². The largest absolute Gasteiger partial charge is 0.467 e. The van der Waals surface area contributed by atoms with E-state index in [0.29, 0.717) is 0 Å². The molecule has 0 aromatic carbocycles. The molecule has 2 heterocycles. The van der Waals surface area contributed by atoms with Crippen LogP contribution in [0.1, 0.15) is 26.5 Å². The topological polar surface area (TPSA) is 13.1 Å². The van der Waals surface area contributed by atoms with Crippen LogP contribution in [0.5, 0.6) is 0 Å². The SMILES string of the molecule is Cc1cc(C)c(C(Cl)c2ccco2)s1. The van der Waals surface area contributed by atoms with Gasteiger partial charge in [-0.15, -0.1) is 22.9 Å². The molecule has 0 bridgehead atoms. The summed E-state index contributed by atoms with van der Waals surface area (Å²) in [6.45, 7) is 4.17. The summed E-state index contributed by atoms with van der Waals surface area (Å²) in [6, 6.07) is 5.92. The van der Waals surface area contributed by atoms with Crippen molar-refractivity contribution in [3.63, 3.8) is 0 Å². The van der Waals surface area contributed by atoms with Gasteiger partial charge in [-0.25, -0.2) is 0 Å². The van der Waals surface area contributed by atoms with E-state index in [-0.39, 0.29) is 5.38 Å². The summed E-state index contributed by atoms with van der Waals surface area (Å²) in [5, 5.41) is -0.149.